The van der Waals surface area contributed by atoms with Crippen LogP contribution in [0, 0.1) is 0 Å². The number of allylic oxidation sites excluding steroid dienone is 1. The van der Waals surface area contributed by atoms with Crippen molar-refractivity contribution in [2.75, 3.05) is 7.11 Å². The van der Waals surface area contributed by atoms with Gasteiger partial charge in [0, 0.05) is 11.6 Å². The minimum atomic E-state index is -0.178. The zero-order valence-electron chi connectivity index (χ0n) is 10.3. The van der Waals surface area contributed by atoms with E-state index in [1.165, 1.54) is 13.0 Å². The summed E-state index contributed by atoms with van der Waals surface area (Å²) in [6.45, 7) is 1.40. The Morgan fingerprint density at radius 3 is 2.50 bits per heavy atom. The van der Waals surface area contributed by atoms with Crippen molar-refractivity contribution in [3.8, 4) is 5.75 Å². The van der Waals surface area contributed by atoms with Gasteiger partial charge in [-0.3, -0.25) is 4.79 Å². The van der Waals surface area contributed by atoms with Crippen LogP contribution in [0.15, 0.2) is 42.5 Å². The number of hydrogen-bond donors (Lipinski definition) is 1. The summed E-state index contributed by atoms with van der Waals surface area (Å²) in [5.74, 6) is 0.598. The van der Waals surface area contributed by atoms with E-state index in [0.717, 1.165) is 16.5 Å². The largest absolute Gasteiger partial charge is 0.507 e. The van der Waals surface area contributed by atoms with E-state index in [1.54, 1.807) is 13.2 Å². The van der Waals surface area contributed by atoms with Crippen LogP contribution in [0.3, 0.4) is 0 Å². The first-order valence-corrected chi connectivity index (χ1v) is 5.59. The number of hydrogen-bond acceptors (Lipinski definition) is 3. The SMILES string of the molecule is COc1ccc2cc(/C(O)=C\C(C)=O)ccc2c1. The Kier molecular flexibility index (Phi) is 3.33. The van der Waals surface area contributed by atoms with Crippen LogP contribution in [0.4, 0.5) is 0 Å². The molecule has 0 heterocycles. The van der Waals surface area contributed by atoms with Gasteiger partial charge in [0.25, 0.3) is 0 Å². The molecule has 3 nitrogen and oxygen atoms in total. The molecule has 1 N–H and O–H groups in total. The second-order valence-electron chi connectivity index (χ2n) is 4.07. The molecule has 0 unspecified atom stereocenters. The molecule has 3 heteroatoms. The predicted molar refractivity (Wildman–Crippen MR) is 71.8 cm³/mol. The Hall–Kier alpha value is -2.29. The van der Waals surface area contributed by atoms with Gasteiger partial charge in [-0.2, -0.15) is 0 Å². The normalized spacial score (nSPS) is 11.6. The van der Waals surface area contributed by atoms with E-state index in [-0.39, 0.29) is 11.5 Å². The van der Waals surface area contributed by atoms with Gasteiger partial charge in [-0.05, 0) is 35.9 Å². The number of aliphatic hydroxyl groups excluding tert-OH is 1. The molecule has 18 heavy (non-hydrogen) atoms. The molecule has 0 spiro atoms. The van der Waals surface area contributed by atoms with E-state index in [0.29, 0.717) is 5.56 Å². The van der Waals surface area contributed by atoms with Crippen molar-refractivity contribution in [3.63, 3.8) is 0 Å². The van der Waals surface area contributed by atoms with Gasteiger partial charge in [-0.25, -0.2) is 0 Å². The van der Waals surface area contributed by atoms with Crippen LogP contribution < -0.4 is 4.74 Å². The molecule has 2 aromatic rings. The minimum absolute atomic E-state index is 0.0137. The fraction of sp³-hybridized carbons (Fsp3) is 0.133. The van der Waals surface area contributed by atoms with E-state index in [1.807, 2.05) is 30.3 Å². The molecule has 0 aliphatic carbocycles. The summed E-state index contributed by atoms with van der Waals surface area (Å²) in [6.07, 6.45) is 1.21. The van der Waals surface area contributed by atoms with Gasteiger partial charge >= 0.3 is 0 Å². The lowest BCUT2D eigenvalue weighted by Gasteiger charge is -2.05. The Balaban J connectivity index is 2.48. The lowest BCUT2D eigenvalue weighted by molar-refractivity contribution is -0.112. The second kappa shape index (κ2) is 4.92. The summed E-state index contributed by atoms with van der Waals surface area (Å²) < 4.78 is 5.15. The van der Waals surface area contributed by atoms with Crippen LogP contribution in [-0.2, 0) is 4.79 Å². The fourth-order valence-corrected chi connectivity index (χ4v) is 1.79. The van der Waals surface area contributed by atoms with Gasteiger partial charge in [0.1, 0.15) is 11.5 Å². The summed E-state index contributed by atoms with van der Waals surface area (Å²) in [5, 5.41) is 11.8. The summed E-state index contributed by atoms with van der Waals surface area (Å²) in [6, 6.07) is 11.2. The quantitative estimate of drug-likeness (QED) is 0.663. The Morgan fingerprint density at radius 2 is 1.83 bits per heavy atom. The highest BCUT2D eigenvalue weighted by molar-refractivity contribution is 5.95. The van der Waals surface area contributed by atoms with Crippen molar-refractivity contribution < 1.29 is 14.6 Å². The average Bonchev–Trinajstić information content (AvgIpc) is 2.36. The molecular formula is C15H14O3. The van der Waals surface area contributed by atoms with E-state index in [4.69, 9.17) is 4.74 Å². The Labute approximate surface area is 105 Å². The van der Waals surface area contributed by atoms with Crippen molar-refractivity contribution >= 4 is 22.3 Å². The number of benzene rings is 2. The predicted octanol–water partition coefficient (Wildman–Crippen LogP) is 3.34. The molecule has 0 atom stereocenters. The third kappa shape index (κ3) is 2.51. The molecule has 2 aromatic carbocycles. The van der Waals surface area contributed by atoms with Gasteiger partial charge in [0.05, 0.1) is 7.11 Å². The van der Waals surface area contributed by atoms with E-state index >= 15 is 0 Å². The average molecular weight is 242 g/mol. The lowest BCUT2D eigenvalue weighted by Crippen LogP contribution is -1.89. The van der Waals surface area contributed by atoms with Crippen molar-refractivity contribution in [1.29, 1.82) is 0 Å². The summed E-state index contributed by atoms with van der Waals surface area (Å²) in [7, 11) is 1.62. The van der Waals surface area contributed by atoms with Crippen LogP contribution in [0.1, 0.15) is 12.5 Å². The van der Waals surface area contributed by atoms with Crippen LogP contribution in [-0.4, -0.2) is 18.0 Å². The summed E-state index contributed by atoms with van der Waals surface area (Å²) >= 11 is 0. The number of rotatable bonds is 3. The van der Waals surface area contributed by atoms with Crippen molar-refractivity contribution in [2.45, 2.75) is 6.92 Å². The van der Waals surface area contributed by atoms with Gasteiger partial charge < -0.3 is 9.84 Å². The standard InChI is InChI=1S/C15H14O3/c1-10(16)7-15(17)13-4-3-12-9-14(18-2)6-5-11(12)8-13/h3-9,17H,1-2H3/b15-7+. The van der Waals surface area contributed by atoms with E-state index < -0.39 is 0 Å². The van der Waals surface area contributed by atoms with Crippen LogP contribution in [0.5, 0.6) is 5.75 Å². The van der Waals surface area contributed by atoms with Gasteiger partial charge in [0.2, 0.25) is 0 Å². The van der Waals surface area contributed by atoms with Crippen molar-refractivity contribution in [2.24, 2.45) is 0 Å². The first kappa shape index (κ1) is 12.2. The molecule has 92 valence electrons. The molecule has 0 amide bonds. The first-order valence-electron chi connectivity index (χ1n) is 5.59. The molecule has 0 aliphatic rings. The fourth-order valence-electron chi connectivity index (χ4n) is 1.79. The monoisotopic (exact) mass is 242 g/mol. The second-order valence-corrected chi connectivity index (χ2v) is 4.07. The Bertz CT molecular complexity index is 627. The molecule has 0 aromatic heterocycles. The van der Waals surface area contributed by atoms with Crippen LogP contribution >= 0.6 is 0 Å². The molecule has 0 bridgehead atoms. The number of carbonyl (C=O) groups is 1. The summed E-state index contributed by atoms with van der Waals surface area (Å²) in [5.41, 5.74) is 0.628. The van der Waals surface area contributed by atoms with Crippen LogP contribution in [0.2, 0.25) is 0 Å². The van der Waals surface area contributed by atoms with E-state index in [2.05, 4.69) is 0 Å². The van der Waals surface area contributed by atoms with Crippen LogP contribution in [0.25, 0.3) is 16.5 Å². The zero-order chi connectivity index (χ0) is 13.1. The lowest BCUT2D eigenvalue weighted by atomic mass is 10.1. The number of ketones is 1. The number of ether oxygens (including phenoxy) is 1. The molecule has 0 aliphatic heterocycles. The molecular weight excluding hydrogens is 228 g/mol. The highest BCUT2D eigenvalue weighted by Gasteiger charge is 2.03. The molecule has 0 fully saturated rings. The molecule has 0 saturated heterocycles. The summed E-state index contributed by atoms with van der Waals surface area (Å²) in [4.78, 5) is 10.9. The maximum atomic E-state index is 10.9. The maximum absolute atomic E-state index is 10.9. The Morgan fingerprint density at radius 1 is 1.17 bits per heavy atom. The van der Waals surface area contributed by atoms with Gasteiger partial charge in [-0.1, -0.05) is 18.2 Å². The maximum Gasteiger partial charge on any atom is 0.156 e. The molecule has 2 rings (SSSR count). The first-order chi connectivity index (χ1) is 8.60. The highest BCUT2D eigenvalue weighted by atomic mass is 16.5. The molecule has 0 radical (unpaired) electrons. The highest BCUT2D eigenvalue weighted by Crippen LogP contribution is 2.24. The minimum Gasteiger partial charge on any atom is -0.507 e. The number of fused-ring (bicyclic) bond motifs is 1. The van der Waals surface area contributed by atoms with Gasteiger partial charge in [-0.15, -0.1) is 0 Å². The van der Waals surface area contributed by atoms with Crippen molar-refractivity contribution in [1.82, 2.24) is 0 Å². The third-order valence-electron chi connectivity index (χ3n) is 2.68. The number of methoxy groups -OCH3 is 1. The zero-order valence-corrected chi connectivity index (χ0v) is 10.3. The topological polar surface area (TPSA) is 46.5 Å². The van der Waals surface area contributed by atoms with Gasteiger partial charge in [0.15, 0.2) is 5.78 Å². The smallest absolute Gasteiger partial charge is 0.156 e. The number of aliphatic hydroxyl groups is 1. The molecule has 0 saturated carbocycles. The van der Waals surface area contributed by atoms with E-state index in [9.17, 15) is 9.90 Å². The third-order valence-corrected chi connectivity index (χ3v) is 2.68. The van der Waals surface area contributed by atoms with Crippen molar-refractivity contribution in [3.05, 3.63) is 48.0 Å². The number of carbonyl (C=O) groups excluding carboxylic acids is 1.